The Balaban J connectivity index is 1.29. The highest BCUT2D eigenvalue weighted by atomic mass is 35.5. The van der Waals surface area contributed by atoms with Gasteiger partial charge in [0.2, 0.25) is 0 Å². The van der Waals surface area contributed by atoms with Gasteiger partial charge in [0, 0.05) is 42.8 Å². The molecule has 8 heteroatoms. The number of nitrogens with one attached hydrogen (secondary N) is 1. The highest BCUT2D eigenvalue weighted by Gasteiger charge is 2.28. The molecular formula is C29H37ClN6O. The molecule has 2 saturated heterocycles. The number of fused-ring (bicyclic) bond motifs is 2. The van der Waals surface area contributed by atoms with Gasteiger partial charge in [-0.1, -0.05) is 35.9 Å². The fraction of sp³-hybridized carbons (Fsp3) is 0.517. The minimum Gasteiger partial charge on any atom is -0.462 e. The van der Waals surface area contributed by atoms with Gasteiger partial charge in [0.05, 0.1) is 17.3 Å². The number of hydrogen-bond acceptors (Lipinski definition) is 7. The van der Waals surface area contributed by atoms with Crippen LogP contribution in [0.3, 0.4) is 0 Å². The van der Waals surface area contributed by atoms with Crippen LogP contribution in [0, 0.1) is 5.92 Å². The van der Waals surface area contributed by atoms with Crippen molar-refractivity contribution in [1.82, 2.24) is 20.2 Å². The standard InChI is InChI=1S/C29H37ClN6O/c1-34-13-5-8-22(34)19-37-29-32-25-18-36(26-10-4-7-21-6-3-9-24(30)27(21)26)15-12-23(25)28(33-29)35(2)14-11-20-16-31-17-20/h3-4,6-7,9-10,20,22,31H,5,8,11-19H2,1-2H3. The van der Waals surface area contributed by atoms with Crippen LogP contribution in [0.1, 0.15) is 30.5 Å². The topological polar surface area (TPSA) is 56.8 Å². The molecule has 0 radical (unpaired) electrons. The lowest BCUT2D eigenvalue weighted by molar-refractivity contribution is 0.187. The first-order chi connectivity index (χ1) is 18.1. The summed E-state index contributed by atoms with van der Waals surface area (Å²) in [7, 11) is 4.34. The van der Waals surface area contributed by atoms with Crippen molar-refractivity contribution in [3.8, 4) is 6.01 Å². The maximum absolute atomic E-state index is 6.68. The molecule has 0 amide bonds. The molecule has 37 heavy (non-hydrogen) atoms. The predicted octanol–water partition coefficient (Wildman–Crippen LogP) is 4.36. The second-order valence-corrected chi connectivity index (χ2v) is 11.3. The second kappa shape index (κ2) is 10.6. The molecule has 6 rings (SSSR count). The number of likely N-dealkylation sites (N-methyl/N-ethyl adjacent to an activating group) is 1. The maximum Gasteiger partial charge on any atom is 0.318 e. The maximum atomic E-state index is 6.68. The molecule has 0 saturated carbocycles. The van der Waals surface area contributed by atoms with Gasteiger partial charge < -0.3 is 24.8 Å². The van der Waals surface area contributed by atoms with Crippen molar-refractivity contribution >= 4 is 33.9 Å². The number of anilines is 2. The SMILES string of the molecule is CN(CCC1CNC1)c1nc(OCC2CCCN2C)nc2c1CCN(c1cccc3cccc(Cl)c13)C2. The lowest BCUT2D eigenvalue weighted by Gasteiger charge is -2.34. The van der Waals surface area contributed by atoms with E-state index in [1.54, 1.807) is 0 Å². The fourth-order valence-corrected chi connectivity index (χ4v) is 6.19. The van der Waals surface area contributed by atoms with Crippen molar-refractivity contribution in [2.45, 2.75) is 38.3 Å². The molecule has 7 nitrogen and oxygen atoms in total. The predicted molar refractivity (Wildman–Crippen MR) is 151 cm³/mol. The van der Waals surface area contributed by atoms with Gasteiger partial charge in [-0.25, -0.2) is 0 Å². The zero-order valence-corrected chi connectivity index (χ0v) is 22.7. The van der Waals surface area contributed by atoms with Gasteiger partial charge in [0.1, 0.15) is 12.4 Å². The van der Waals surface area contributed by atoms with E-state index in [0.29, 0.717) is 18.7 Å². The van der Waals surface area contributed by atoms with Crippen LogP contribution >= 0.6 is 11.6 Å². The van der Waals surface area contributed by atoms with Gasteiger partial charge in [0.15, 0.2) is 0 Å². The van der Waals surface area contributed by atoms with Crippen molar-refractivity contribution < 1.29 is 4.74 Å². The Morgan fingerprint density at radius 2 is 1.97 bits per heavy atom. The van der Waals surface area contributed by atoms with E-state index in [1.807, 2.05) is 12.1 Å². The number of hydrogen-bond donors (Lipinski definition) is 1. The van der Waals surface area contributed by atoms with Crippen LogP contribution in [0.5, 0.6) is 6.01 Å². The molecule has 2 aromatic carbocycles. The minimum absolute atomic E-state index is 0.432. The Hall–Kier alpha value is -2.61. The zero-order valence-electron chi connectivity index (χ0n) is 21.9. The summed E-state index contributed by atoms with van der Waals surface area (Å²) >= 11 is 6.68. The van der Waals surface area contributed by atoms with E-state index >= 15 is 0 Å². The van der Waals surface area contributed by atoms with Gasteiger partial charge in [-0.2, -0.15) is 9.97 Å². The monoisotopic (exact) mass is 520 g/mol. The molecule has 0 aliphatic carbocycles. The first-order valence-corrected chi connectivity index (χ1v) is 14.0. The number of ether oxygens (including phenoxy) is 1. The normalized spacial score (nSPS) is 20.2. The van der Waals surface area contributed by atoms with Crippen molar-refractivity contribution in [3.05, 3.63) is 52.7 Å². The van der Waals surface area contributed by atoms with E-state index in [0.717, 1.165) is 84.6 Å². The van der Waals surface area contributed by atoms with Gasteiger partial charge >= 0.3 is 6.01 Å². The molecule has 2 fully saturated rings. The van der Waals surface area contributed by atoms with Crippen molar-refractivity contribution in [1.29, 1.82) is 0 Å². The molecule has 0 bridgehead atoms. The molecule has 0 spiro atoms. The molecule has 1 unspecified atom stereocenters. The van der Waals surface area contributed by atoms with Crippen LogP contribution in [-0.4, -0.2) is 74.3 Å². The van der Waals surface area contributed by atoms with E-state index in [2.05, 4.69) is 58.4 Å². The molecule has 3 aliphatic rings. The summed E-state index contributed by atoms with van der Waals surface area (Å²) < 4.78 is 6.27. The highest BCUT2D eigenvalue weighted by molar-refractivity contribution is 6.36. The average Bonchev–Trinajstić information content (AvgIpc) is 3.30. The summed E-state index contributed by atoms with van der Waals surface area (Å²) in [5.41, 5.74) is 3.48. The van der Waals surface area contributed by atoms with E-state index in [9.17, 15) is 0 Å². The highest BCUT2D eigenvalue weighted by Crippen LogP contribution is 2.37. The second-order valence-electron chi connectivity index (χ2n) is 10.9. The van der Waals surface area contributed by atoms with Crippen molar-refractivity contribution in [2.75, 3.05) is 63.2 Å². The number of halogens is 1. The third kappa shape index (κ3) is 5.09. The Labute approximate surface area is 224 Å². The average molecular weight is 521 g/mol. The first-order valence-electron chi connectivity index (χ1n) is 13.6. The molecule has 1 aromatic heterocycles. The molecule has 3 aromatic rings. The zero-order chi connectivity index (χ0) is 25.4. The summed E-state index contributed by atoms with van der Waals surface area (Å²) in [4.78, 5) is 17.1. The van der Waals surface area contributed by atoms with Crippen LogP contribution in [-0.2, 0) is 13.0 Å². The van der Waals surface area contributed by atoms with Gasteiger partial charge in [0.25, 0.3) is 0 Å². The van der Waals surface area contributed by atoms with Crippen molar-refractivity contribution in [3.63, 3.8) is 0 Å². The van der Waals surface area contributed by atoms with Crippen LogP contribution in [0.15, 0.2) is 36.4 Å². The fourth-order valence-electron chi connectivity index (χ4n) is 5.91. The summed E-state index contributed by atoms with van der Waals surface area (Å²) in [6.45, 7) is 6.63. The van der Waals surface area contributed by atoms with Gasteiger partial charge in [-0.05, 0) is 75.8 Å². The molecule has 4 heterocycles. The van der Waals surface area contributed by atoms with Crippen LogP contribution < -0.4 is 19.9 Å². The van der Waals surface area contributed by atoms with Crippen LogP contribution in [0.4, 0.5) is 11.5 Å². The minimum atomic E-state index is 0.432. The van der Waals surface area contributed by atoms with Crippen LogP contribution in [0.2, 0.25) is 5.02 Å². The van der Waals surface area contributed by atoms with E-state index in [4.69, 9.17) is 26.3 Å². The summed E-state index contributed by atoms with van der Waals surface area (Å²) in [5.74, 6) is 1.79. The Bertz CT molecular complexity index is 1260. The summed E-state index contributed by atoms with van der Waals surface area (Å²) in [6.07, 6.45) is 4.46. The van der Waals surface area contributed by atoms with Gasteiger partial charge in [-0.3, -0.25) is 0 Å². The Kier molecular flexibility index (Phi) is 7.10. The van der Waals surface area contributed by atoms with E-state index in [1.165, 1.54) is 24.8 Å². The first kappa shape index (κ1) is 24.7. The molecular weight excluding hydrogens is 484 g/mol. The largest absolute Gasteiger partial charge is 0.462 e. The van der Waals surface area contributed by atoms with Crippen LogP contribution in [0.25, 0.3) is 10.8 Å². The van der Waals surface area contributed by atoms with Gasteiger partial charge in [-0.15, -0.1) is 0 Å². The summed E-state index contributed by atoms with van der Waals surface area (Å²) in [6, 6.07) is 13.5. The number of nitrogens with zero attached hydrogens (tertiary/aromatic N) is 5. The molecule has 1 atom stereocenters. The Morgan fingerprint density at radius 3 is 2.73 bits per heavy atom. The lowest BCUT2D eigenvalue weighted by atomic mass is 9.99. The number of likely N-dealkylation sites (tertiary alicyclic amines) is 1. The van der Waals surface area contributed by atoms with E-state index in [-0.39, 0.29) is 0 Å². The molecule has 1 N–H and O–H groups in total. The number of aromatic nitrogens is 2. The molecule has 3 aliphatic heterocycles. The molecule has 196 valence electrons. The number of benzene rings is 2. The Morgan fingerprint density at radius 1 is 1.14 bits per heavy atom. The van der Waals surface area contributed by atoms with E-state index < -0.39 is 0 Å². The van der Waals surface area contributed by atoms with Crippen molar-refractivity contribution in [2.24, 2.45) is 5.92 Å². The smallest absolute Gasteiger partial charge is 0.318 e. The third-order valence-corrected chi connectivity index (χ3v) is 8.69. The number of rotatable bonds is 8. The quantitative estimate of drug-likeness (QED) is 0.473. The lowest BCUT2D eigenvalue weighted by Crippen LogP contribution is -2.43. The summed E-state index contributed by atoms with van der Waals surface area (Å²) in [5, 5.41) is 6.44. The third-order valence-electron chi connectivity index (χ3n) is 8.37.